The van der Waals surface area contributed by atoms with E-state index in [0.717, 1.165) is 24.4 Å². The number of hydrogen-bond donors (Lipinski definition) is 1. The molecule has 1 saturated heterocycles. The predicted molar refractivity (Wildman–Crippen MR) is 62.8 cm³/mol. The van der Waals surface area contributed by atoms with Crippen molar-refractivity contribution in [3.05, 3.63) is 35.7 Å². The molecule has 2 unspecified atom stereocenters. The summed E-state index contributed by atoms with van der Waals surface area (Å²) in [4.78, 5) is 4.42. The lowest BCUT2D eigenvalue weighted by atomic mass is 9.71. The largest absolute Gasteiger partial charge is 0.495 e. The smallest absolute Gasteiger partial charge is 0.140 e. The Morgan fingerprint density at radius 2 is 2.44 bits per heavy atom. The molecule has 1 fully saturated rings. The minimum Gasteiger partial charge on any atom is -0.495 e. The Morgan fingerprint density at radius 3 is 3.06 bits per heavy atom. The van der Waals surface area contributed by atoms with Gasteiger partial charge in [-0.2, -0.15) is 0 Å². The highest BCUT2D eigenvalue weighted by atomic mass is 16.5. The predicted octanol–water partition coefficient (Wildman–Crippen LogP) is 1.57. The summed E-state index contributed by atoms with van der Waals surface area (Å²) in [6, 6.07) is 2.69. The van der Waals surface area contributed by atoms with Crippen molar-refractivity contribution in [2.75, 3.05) is 13.7 Å². The van der Waals surface area contributed by atoms with Crippen LogP contribution in [0, 0.1) is 6.92 Å². The lowest BCUT2D eigenvalue weighted by molar-refractivity contribution is 0.247. The fourth-order valence-corrected chi connectivity index (χ4v) is 2.72. The van der Waals surface area contributed by atoms with Gasteiger partial charge in [0.15, 0.2) is 0 Å². The van der Waals surface area contributed by atoms with E-state index in [1.54, 1.807) is 7.11 Å². The maximum Gasteiger partial charge on any atom is 0.140 e. The first-order valence-electron chi connectivity index (χ1n) is 5.68. The molecule has 1 aliphatic heterocycles. The van der Waals surface area contributed by atoms with Gasteiger partial charge in [-0.15, -0.1) is 0 Å². The molecule has 0 saturated carbocycles. The van der Waals surface area contributed by atoms with E-state index in [1.165, 1.54) is 5.56 Å². The standard InChI is InChI=1S/C13H16N2O/c1-9-11(16-2)6-10(7-14-9)13-5-3-4-12(13)15-8-13/h3,5-7,12,15H,4,8H2,1-2H3. The lowest BCUT2D eigenvalue weighted by Crippen LogP contribution is -2.62. The number of aromatic nitrogens is 1. The van der Waals surface area contributed by atoms with Crippen LogP contribution in [0.5, 0.6) is 5.75 Å². The van der Waals surface area contributed by atoms with Crippen molar-refractivity contribution in [1.29, 1.82) is 0 Å². The summed E-state index contributed by atoms with van der Waals surface area (Å²) < 4.78 is 5.34. The van der Waals surface area contributed by atoms with Crippen LogP contribution in [0.1, 0.15) is 17.7 Å². The molecule has 3 nitrogen and oxygen atoms in total. The Kier molecular flexibility index (Phi) is 2.04. The van der Waals surface area contributed by atoms with E-state index in [2.05, 4.69) is 28.5 Å². The summed E-state index contributed by atoms with van der Waals surface area (Å²) in [5.74, 6) is 0.887. The highest BCUT2D eigenvalue weighted by Crippen LogP contribution is 2.42. The molecule has 1 N–H and O–H groups in total. The maximum absolute atomic E-state index is 5.34. The molecule has 0 radical (unpaired) electrons. The SMILES string of the molecule is COc1cc(C23C=CCC2NC3)cnc1C. The van der Waals surface area contributed by atoms with Gasteiger partial charge in [0.25, 0.3) is 0 Å². The van der Waals surface area contributed by atoms with Crippen LogP contribution < -0.4 is 10.1 Å². The third-order valence-corrected chi connectivity index (χ3v) is 3.85. The van der Waals surface area contributed by atoms with Crippen molar-refractivity contribution in [1.82, 2.24) is 10.3 Å². The van der Waals surface area contributed by atoms with Crippen LogP contribution in [-0.2, 0) is 5.41 Å². The summed E-state index contributed by atoms with van der Waals surface area (Å²) in [7, 11) is 1.70. The van der Waals surface area contributed by atoms with Crippen molar-refractivity contribution >= 4 is 0 Å². The van der Waals surface area contributed by atoms with Gasteiger partial charge in [-0.1, -0.05) is 12.2 Å². The molecule has 3 rings (SSSR count). The van der Waals surface area contributed by atoms with E-state index >= 15 is 0 Å². The number of hydrogen-bond acceptors (Lipinski definition) is 3. The molecule has 2 aliphatic rings. The Balaban J connectivity index is 2.04. The van der Waals surface area contributed by atoms with Gasteiger partial charge in [0.2, 0.25) is 0 Å². The average Bonchev–Trinajstić information content (AvgIpc) is 2.56. The summed E-state index contributed by atoms with van der Waals surface area (Å²) in [5, 5.41) is 3.47. The Hall–Kier alpha value is -1.35. The van der Waals surface area contributed by atoms with Crippen molar-refractivity contribution < 1.29 is 4.74 Å². The van der Waals surface area contributed by atoms with Gasteiger partial charge in [0.05, 0.1) is 12.8 Å². The third-order valence-electron chi connectivity index (χ3n) is 3.85. The first-order valence-corrected chi connectivity index (χ1v) is 5.68. The van der Waals surface area contributed by atoms with Gasteiger partial charge in [-0.3, -0.25) is 4.98 Å². The van der Waals surface area contributed by atoms with Crippen LogP contribution in [0.3, 0.4) is 0 Å². The van der Waals surface area contributed by atoms with Crippen LogP contribution in [-0.4, -0.2) is 24.7 Å². The van der Waals surface area contributed by atoms with Gasteiger partial charge < -0.3 is 10.1 Å². The van der Waals surface area contributed by atoms with Gasteiger partial charge in [0, 0.05) is 24.2 Å². The fourth-order valence-electron chi connectivity index (χ4n) is 2.72. The number of pyridine rings is 1. The molecule has 0 spiro atoms. The van der Waals surface area contributed by atoms with Crippen LogP contribution >= 0.6 is 0 Å². The van der Waals surface area contributed by atoms with E-state index in [0.29, 0.717) is 6.04 Å². The number of rotatable bonds is 2. The molecule has 2 heterocycles. The van der Waals surface area contributed by atoms with Crippen molar-refractivity contribution in [2.24, 2.45) is 0 Å². The van der Waals surface area contributed by atoms with Gasteiger partial charge >= 0.3 is 0 Å². The Bertz CT molecular complexity index is 455. The quantitative estimate of drug-likeness (QED) is 0.762. The molecular weight excluding hydrogens is 200 g/mol. The zero-order valence-electron chi connectivity index (χ0n) is 9.66. The second-order valence-electron chi connectivity index (χ2n) is 4.62. The number of nitrogens with one attached hydrogen (secondary N) is 1. The van der Waals surface area contributed by atoms with Crippen molar-refractivity contribution in [3.8, 4) is 5.75 Å². The zero-order chi connectivity index (χ0) is 11.2. The van der Waals surface area contributed by atoms with Crippen LogP contribution in [0.2, 0.25) is 0 Å². The summed E-state index contributed by atoms with van der Waals surface area (Å²) in [6.45, 7) is 2.99. The Morgan fingerprint density at radius 1 is 1.56 bits per heavy atom. The lowest BCUT2D eigenvalue weighted by Gasteiger charge is -2.45. The number of aryl methyl sites for hydroxylation is 1. The minimum absolute atomic E-state index is 0.175. The molecule has 0 aromatic carbocycles. The summed E-state index contributed by atoms with van der Waals surface area (Å²) in [6.07, 6.45) is 7.69. The van der Waals surface area contributed by atoms with E-state index in [4.69, 9.17) is 4.74 Å². The van der Waals surface area contributed by atoms with E-state index in [-0.39, 0.29) is 5.41 Å². The topological polar surface area (TPSA) is 34.1 Å². The highest BCUT2D eigenvalue weighted by Gasteiger charge is 2.48. The first kappa shape index (κ1) is 9.85. The van der Waals surface area contributed by atoms with Crippen LogP contribution in [0.4, 0.5) is 0 Å². The molecular formula is C13H16N2O. The van der Waals surface area contributed by atoms with Crippen LogP contribution in [0.15, 0.2) is 24.4 Å². The average molecular weight is 216 g/mol. The van der Waals surface area contributed by atoms with Gasteiger partial charge in [-0.25, -0.2) is 0 Å². The number of methoxy groups -OCH3 is 1. The first-order chi connectivity index (χ1) is 7.76. The second-order valence-corrected chi connectivity index (χ2v) is 4.62. The zero-order valence-corrected chi connectivity index (χ0v) is 9.66. The third kappa shape index (κ3) is 1.15. The normalized spacial score (nSPS) is 31.0. The molecule has 1 aromatic rings. The van der Waals surface area contributed by atoms with E-state index in [9.17, 15) is 0 Å². The molecule has 0 amide bonds. The monoisotopic (exact) mass is 216 g/mol. The number of ether oxygens (including phenoxy) is 1. The van der Waals surface area contributed by atoms with Crippen LogP contribution in [0.25, 0.3) is 0 Å². The van der Waals surface area contributed by atoms with Gasteiger partial charge in [-0.05, 0) is 25.0 Å². The molecule has 84 valence electrons. The minimum atomic E-state index is 0.175. The van der Waals surface area contributed by atoms with E-state index in [1.807, 2.05) is 13.1 Å². The summed E-state index contributed by atoms with van der Waals surface area (Å²) >= 11 is 0. The number of nitrogens with zero attached hydrogens (tertiary/aromatic N) is 1. The van der Waals surface area contributed by atoms with Crippen molar-refractivity contribution in [2.45, 2.75) is 24.8 Å². The fraction of sp³-hybridized carbons (Fsp3) is 0.462. The molecule has 3 heteroatoms. The Labute approximate surface area is 95.5 Å². The van der Waals surface area contributed by atoms with Crippen molar-refractivity contribution in [3.63, 3.8) is 0 Å². The van der Waals surface area contributed by atoms with E-state index < -0.39 is 0 Å². The molecule has 0 bridgehead atoms. The second kappa shape index (κ2) is 3.32. The van der Waals surface area contributed by atoms with Gasteiger partial charge in [0.1, 0.15) is 5.75 Å². The molecule has 2 atom stereocenters. The molecule has 1 aliphatic carbocycles. The summed E-state index contributed by atoms with van der Waals surface area (Å²) in [5.41, 5.74) is 2.40. The maximum atomic E-state index is 5.34. The number of fused-ring (bicyclic) bond motifs is 1. The molecule has 16 heavy (non-hydrogen) atoms. The molecule has 1 aromatic heterocycles. The highest BCUT2D eigenvalue weighted by molar-refractivity contribution is 5.44.